The maximum Gasteiger partial charge on any atom is 0.425 e. The minimum Gasteiger partial charge on any atom is -0.481 e. The van der Waals surface area contributed by atoms with E-state index in [-0.39, 0.29) is 12.2 Å². The van der Waals surface area contributed by atoms with Crippen LogP contribution in [0.5, 0.6) is 11.5 Å². The van der Waals surface area contributed by atoms with Crippen molar-refractivity contribution < 1.29 is 45.7 Å². The van der Waals surface area contributed by atoms with Crippen molar-refractivity contribution in [2.24, 2.45) is 5.92 Å². The molecule has 234 valence electrons. The number of nitrogens with zero attached hydrogens (tertiary/aromatic N) is 3. The fourth-order valence-electron chi connectivity index (χ4n) is 3.47. The van der Waals surface area contributed by atoms with E-state index < -0.39 is 71.8 Å². The minimum absolute atomic E-state index is 0.135. The highest BCUT2D eigenvalue weighted by Gasteiger charge is 2.40. The molecule has 1 heterocycles. The molecule has 0 fully saturated rings. The molecule has 0 saturated heterocycles. The van der Waals surface area contributed by atoms with Crippen molar-refractivity contribution in [3.05, 3.63) is 74.0 Å². The van der Waals surface area contributed by atoms with Crippen LogP contribution in [-0.4, -0.2) is 49.8 Å². The maximum atomic E-state index is 13.4. The van der Waals surface area contributed by atoms with E-state index in [0.29, 0.717) is 29.0 Å². The van der Waals surface area contributed by atoms with Gasteiger partial charge >= 0.3 is 29.7 Å². The van der Waals surface area contributed by atoms with Crippen LogP contribution in [-0.2, 0) is 17.9 Å². The molecule has 17 heteroatoms. The first-order valence-electron chi connectivity index (χ1n) is 12.4. The van der Waals surface area contributed by atoms with Crippen LogP contribution in [0.15, 0.2) is 52.1 Å². The number of hydrogen-bond donors (Lipinski definition) is 2. The summed E-state index contributed by atoms with van der Waals surface area (Å²) in [5.74, 6) is -4.20. The van der Waals surface area contributed by atoms with Crippen LogP contribution in [0.25, 0.3) is 0 Å². The summed E-state index contributed by atoms with van der Waals surface area (Å²) < 4.78 is 90.2. The van der Waals surface area contributed by atoms with Crippen molar-refractivity contribution in [1.29, 1.82) is 0 Å². The van der Waals surface area contributed by atoms with Crippen molar-refractivity contribution in [2.75, 3.05) is 5.32 Å². The number of alkyl halides is 6. The van der Waals surface area contributed by atoms with E-state index in [1.165, 1.54) is 19.1 Å². The Morgan fingerprint density at radius 3 is 2.02 bits per heavy atom. The molecule has 10 nitrogen and oxygen atoms in total. The van der Waals surface area contributed by atoms with Gasteiger partial charge in [0.1, 0.15) is 0 Å². The summed E-state index contributed by atoms with van der Waals surface area (Å²) in [5, 5.41) is 12.2. The molecule has 0 aliphatic heterocycles. The van der Waals surface area contributed by atoms with Gasteiger partial charge in [-0.05, 0) is 43.7 Å². The van der Waals surface area contributed by atoms with Crippen molar-refractivity contribution in [2.45, 2.75) is 58.4 Å². The van der Waals surface area contributed by atoms with E-state index in [9.17, 15) is 45.8 Å². The summed E-state index contributed by atoms with van der Waals surface area (Å²) in [6.45, 7) is 1.84. The Hall–Kier alpha value is -4.21. The Balaban J connectivity index is 2.11. The van der Waals surface area contributed by atoms with E-state index in [2.05, 4.69) is 10.3 Å². The molecule has 0 aliphatic carbocycles. The van der Waals surface area contributed by atoms with E-state index in [4.69, 9.17) is 21.1 Å². The van der Waals surface area contributed by atoms with Crippen molar-refractivity contribution >= 4 is 29.2 Å². The number of anilines is 2. The second kappa shape index (κ2) is 13.0. The topological polar surface area (TPSA) is 125 Å². The Bertz CT molecular complexity index is 1570. The summed E-state index contributed by atoms with van der Waals surface area (Å²) in [5.41, 5.74) is -1.73. The van der Waals surface area contributed by atoms with Gasteiger partial charge in [-0.3, -0.25) is 9.36 Å². The number of ether oxygens (including phenoxy) is 2. The second-order valence-electron chi connectivity index (χ2n) is 9.45. The maximum absolute atomic E-state index is 13.4. The number of aromatic nitrogens is 3. The van der Waals surface area contributed by atoms with Gasteiger partial charge in [0.25, 0.3) is 0 Å². The normalized spacial score (nSPS) is 14.1. The highest BCUT2D eigenvalue weighted by Crippen LogP contribution is 2.37. The zero-order chi connectivity index (χ0) is 32.3. The summed E-state index contributed by atoms with van der Waals surface area (Å²) in [4.78, 5) is 41.3. The molecule has 3 aromatic rings. The molecule has 3 atom stereocenters. The molecular weight excluding hydrogens is 614 g/mol. The number of carboxylic acids is 1. The third-order valence-corrected chi connectivity index (χ3v) is 6.26. The van der Waals surface area contributed by atoms with Gasteiger partial charge in [0, 0.05) is 23.3 Å². The predicted molar refractivity (Wildman–Crippen MR) is 142 cm³/mol. The summed E-state index contributed by atoms with van der Waals surface area (Å²) in [6, 6.07) is 9.09. The predicted octanol–water partition coefficient (Wildman–Crippen LogP) is 5.23. The number of hydrogen-bond acceptors (Lipinski definition) is 7. The van der Waals surface area contributed by atoms with Crippen LogP contribution in [0.4, 0.5) is 38.0 Å². The SMILES string of the molecule is CC(Oc1ccc(Nc2nc(=O)n(C[C@H](C)C(=O)O)c(=O)n2Cc2ccc(Cl)cc2)cc1OC(C)C(F)(F)F)C(F)(F)F. The van der Waals surface area contributed by atoms with Gasteiger partial charge in [-0.25, -0.2) is 14.2 Å². The van der Waals surface area contributed by atoms with Crippen LogP contribution in [0.3, 0.4) is 0 Å². The van der Waals surface area contributed by atoms with Crippen molar-refractivity contribution in [3.8, 4) is 11.5 Å². The molecule has 2 unspecified atom stereocenters. The van der Waals surface area contributed by atoms with Gasteiger partial charge in [-0.2, -0.15) is 31.3 Å². The smallest absolute Gasteiger partial charge is 0.425 e. The molecule has 0 aliphatic rings. The number of carboxylic acid groups (broad SMARTS) is 1. The van der Waals surface area contributed by atoms with Gasteiger partial charge in [-0.1, -0.05) is 30.7 Å². The van der Waals surface area contributed by atoms with E-state index in [0.717, 1.165) is 22.8 Å². The van der Waals surface area contributed by atoms with E-state index in [1.807, 2.05) is 0 Å². The molecule has 2 N–H and O–H groups in total. The number of halogens is 7. The second-order valence-corrected chi connectivity index (χ2v) is 9.89. The highest BCUT2D eigenvalue weighted by atomic mass is 35.5. The van der Waals surface area contributed by atoms with Crippen LogP contribution in [0.1, 0.15) is 26.3 Å². The van der Waals surface area contributed by atoms with Gasteiger partial charge in [0.15, 0.2) is 23.7 Å². The fourth-order valence-corrected chi connectivity index (χ4v) is 3.59. The Kier molecular flexibility index (Phi) is 10.0. The lowest BCUT2D eigenvalue weighted by Gasteiger charge is -2.23. The summed E-state index contributed by atoms with van der Waals surface area (Å²) >= 11 is 5.92. The van der Waals surface area contributed by atoms with Gasteiger partial charge in [0.2, 0.25) is 5.95 Å². The third-order valence-electron chi connectivity index (χ3n) is 6.01. The van der Waals surface area contributed by atoms with Crippen molar-refractivity contribution in [1.82, 2.24) is 14.1 Å². The molecule has 0 spiro atoms. The monoisotopic (exact) mass is 638 g/mol. The Labute approximate surface area is 244 Å². The number of aliphatic carboxylic acids is 1. The zero-order valence-corrected chi connectivity index (χ0v) is 23.4. The Morgan fingerprint density at radius 1 is 0.930 bits per heavy atom. The lowest BCUT2D eigenvalue weighted by atomic mass is 10.2. The van der Waals surface area contributed by atoms with Crippen LogP contribution in [0.2, 0.25) is 5.02 Å². The van der Waals surface area contributed by atoms with Gasteiger partial charge in [0.05, 0.1) is 12.5 Å². The molecule has 0 saturated carbocycles. The summed E-state index contributed by atoms with van der Waals surface area (Å²) in [6.07, 6.45) is -14.6. The quantitative estimate of drug-likeness (QED) is 0.274. The molecule has 0 amide bonds. The first-order valence-corrected chi connectivity index (χ1v) is 12.8. The van der Waals surface area contributed by atoms with E-state index in [1.54, 1.807) is 12.1 Å². The largest absolute Gasteiger partial charge is 0.481 e. The van der Waals surface area contributed by atoms with Crippen LogP contribution < -0.4 is 26.2 Å². The fraction of sp³-hybridized carbons (Fsp3) is 0.385. The lowest BCUT2D eigenvalue weighted by molar-refractivity contribution is -0.194. The average molecular weight is 639 g/mol. The molecular formula is C26H25ClF6N4O6. The van der Waals surface area contributed by atoms with Gasteiger partial charge < -0.3 is 19.9 Å². The van der Waals surface area contributed by atoms with Crippen LogP contribution >= 0.6 is 11.6 Å². The lowest BCUT2D eigenvalue weighted by Crippen LogP contribution is -2.44. The zero-order valence-electron chi connectivity index (χ0n) is 22.7. The number of carbonyl (C=O) groups is 1. The molecule has 1 aromatic heterocycles. The number of rotatable bonds is 11. The molecule has 2 aromatic carbocycles. The Morgan fingerprint density at radius 2 is 1.49 bits per heavy atom. The number of benzene rings is 2. The first kappa shape index (κ1) is 33.3. The van der Waals surface area contributed by atoms with Gasteiger partial charge in [-0.15, -0.1) is 0 Å². The van der Waals surface area contributed by atoms with E-state index >= 15 is 0 Å². The highest BCUT2D eigenvalue weighted by molar-refractivity contribution is 6.30. The number of nitrogens with one attached hydrogen (secondary N) is 1. The van der Waals surface area contributed by atoms with Crippen LogP contribution in [0, 0.1) is 5.92 Å². The third kappa shape index (κ3) is 8.65. The molecule has 0 bridgehead atoms. The first-order chi connectivity index (χ1) is 19.9. The standard InChI is InChI=1S/C26H25ClF6N4O6/c1-13(21(38)39)11-37-23(40)35-22(36(24(37)41)12-16-4-6-17(27)7-5-16)34-18-8-9-19(42-14(2)25(28,29)30)20(10-18)43-15(3)26(31,32)33/h4-10,13-15H,11-12H2,1-3H3,(H,38,39)(H,34,35,40)/t13-,14?,15?/m0/s1. The van der Waals surface area contributed by atoms with Crippen molar-refractivity contribution in [3.63, 3.8) is 0 Å². The molecule has 43 heavy (non-hydrogen) atoms. The molecule has 3 rings (SSSR count). The average Bonchev–Trinajstić information content (AvgIpc) is 2.89. The molecule has 0 radical (unpaired) electrons. The summed E-state index contributed by atoms with van der Waals surface area (Å²) in [7, 11) is 0. The minimum atomic E-state index is -4.88.